The molecule has 0 bridgehead atoms. The quantitative estimate of drug-likeness (QED) is 0.752. The molecule has 1 saturated heterocycles. The van der Waals surface area contributed by atoms with Crippen LogP contribution in [0.15, 0.2) is 24.3 Å². The molecule has 22 heavy (non-hydrogen) atoms. The molecule has 0 spiro atoms. The van der Waals surface area contributed by atoms with Crippen LogP contribution in [0.3, 0.4) is 0 Å². The van der Waals surface area contributed by atoms with Gasteiger partial charge in [-0.1, -0.05) is 12.1 Å². The Morgan fingerprint density at radius 1 is 1.32 bits per heavy atom. The van der Waals surface area contributed by atoms with Crippen LogP contribution in [0.2, 0.25) is 0 Å². The van der Waals surface area contributed by atoms with Crippen molar-refractivity contribution in [1.29, 1.82) is 0 Å². The number of aliphatic hydroxyl groups is 1. The third-order valence-corrected chi connectivity index (χ3v) is 3.63. The maximum Gasteiger partial charge on any atom is 0.305 e. The van der Waals surface area contributed by atoms with Crippen molar-refractivity contribution in [3.05, 3.63) is 35.6 Å². The third-order valence-electron chi connectivity index (χ3n) is 3.63. The highest BCUT2D eigenvalue weighted by Crippen LogP contribution is 2.22. The fourth-order valence-electron chi connectivity index (χ4n) is 2.53. The highest BCUT2D eigenvalue weighted by molar-refractivity contribution is 5.94. The number of benzene rings is 1. The van der Waals surface area contributed by atoms with Gasteiger partial charge in [0.1, 0.15) is 11.9 Å². The number of hydrogen-bond acceptors (Lipinski definition) is 4. The smallest absolute Gasteiger partial charge is 0.305 e. The minimum absolute atomic E-state index is 0.0770. The maximum absolute atomic E-state index is 13.6. The van der Waals surface area contributed by atoms with Gasteiger partial charge in [-0.15, -0.1) is 0 Å². The van der Waals surface area contributed by atoms with Gasteiger partial charge in [0.05, 0.1) is 30.7 Å². The summed E-state index contributed by atoms with van der Waals surface area (Å²) < 4.78 is 19.1. The molecule has 1 amide bonds. The van der Waals surface area contributed by atoms with Gasteiger partial charge in [0.2, 0.25) is 0 Å². The average Bonchev–Trinajstić information content (AvgIpc) is 2.48. The van der Waals surface area contributed by atoms with Gasteiger partial charge in [0.25, 0.3) is 5.91 Å². The molecule has 3 N–H and O–H groups in total. The van der Waals surface area contributed by atoms with Gasteiger partial charge in [-0.2, -0.15) is 0 Å². The van der Waals surface area contributed by atoms with E-state index in [2.05, 4.69) is 5.32 Å². The molecule has 0 unspecified atom stereocenters. The molecule has 1 aromatic carbocycles. The Morgan fingerprint density at radius 3 is 2.68 bits per heavy atom. The summed E-state index contributed by atoms with van der Waals surface area (Å²) in [6.07, 6.45) is -0.427. The Hall–Kier alpha value is -1.99. The Kier molecular flexibility index (Phi) is 5.46. The molecule has 2 rings (SSSR count). The SMILES string of the molecule is O=C(O)C[C@@H]1CC[C@H](NC(=O)c2ccccc2F)[C@@H](CO)O1. The summed E-state index contributed by atoms with van der Waals surface area (Å²) in [4.78, 5) is 22.8. The first kappa shape index (κ1) is 16.4. The monoisotopic (exact) mass is 311 g/mol. The normalized spacial score (nSPS) is 24.7. The molecule has 0 radical (unpaired) electrons. The zero-order valence-corrected chi connectivity index (χ0v) is 11.9. The second kappa shape index (κ2) is 7.33. The van der Waals surface area contributed by atoms with Gasteiger partial charge in [0.15, 0.2) is 0 Å². The zero-order valence-electron chi connectivity index (χ0n) is 11.9. The van der Waals surface area contributed by atoms with Crippen molar-refractivity contribution in [1.82, 2.24) is 5.32 Å². The first-order valence-electron chi connectivity index (χ1n) is 7.04. The van der Waals surface area contributed by atoms with Crippen LogP contribution in [-0.4, -0.2) is 46.9 Å². The van der Waals surface area contributed by atoms with Gasteiger partial charge in [-0.05, 0) is 25.0 Å². The van der Waals surface area contributed by atoms with E-state index in [4.69, 9.17) is 9.84 Å². The van der Waals surface area contributed by atoms with Gasteiger partial charge in [-0.3, -0.25) is 9.59 Å². The third kappa shape index (κ3) is 4.02. The number of rotatable bonds is 5. The highest BCUT2D eigenvalue weighted by atomic mass is 19.1. The fourth-order valence-corrected chi connectivity index (χ4v) is 2.53. The maximum atomic E-state index is 13.6. The number of ether oxygens (including phenoxy) is 1. The van der Waals surface area contributed by atoms with Crippen LogP contribution in [0.1, 0.15) is 29.6 Å². The van der Waals surface area contributed by atoms with E-state index in [-0.39, 0.29) is 18.6 Å². The lowest BCUT2D eigenvalue weighted by atomic mass is 9.96. The van der Waals surface area contributed by atoms with E-state index >= 15 is 0 Å². The minimum Gasteiger partial charge on any atom is -0.481 e. The summed E-state index contributed by atoms with van der Waals surface area (Å²) in [6, 6.07) is 5.13. The zero-order chi connectivity index (χ0) is 16.1. The molecule has 1 aromatic rings. The molecule has 0 aliphatic carbocycles. The summed E-state index contributed by atoms with van der Waals surface area (Å²) in [5.74, 6) is -2.18. The van der Waals surface area contributed by atoms with E-state index < -0.39 is 35.9 Å². The average molecular weight is 311 g/mol. The fraction of sp³-hybridized carbons (Fsp3) is 0.467. The summed E-state index contributed by atoms with van der Waals surface area (Å²) >= 11 is 0. The summed E-state index contributed by atoms with van der Waals surface area (Å²) in [5, 5.41) is 20.8. The number of amides is 1. The Labute approximate surface area is 126 Å². The van der Waals surface area contributed by atoms with Crippen LogP contribution in [0, 0.1) is 5.82 Å². The lowest BCUT2D eigenvalue weighted by molar-refractivity contribution is -0.145. The molecule has 1 aliphatic rings. The molecule has 0 aromatic heterocycles. The second-order valence-corrected chi connectivity index (χ2v) is 5.21. The number of aliphatic hydroxyl groups excluding tert-OH is 1. The van der Waals surface area contributed by atoms with Gasteiger partial charge < -0.3 is 20.3 Å². The van der Waals surface area contributed by atoms with Crippen LogP contribution in [0.4, 0.5) is 4.39 Å². The lowest BCUT2D eigenvalue weighted by Crippen LogP contribution is -2.51. The van der Waals surface area contributed by atoms with E-state index in [1.54, 1.807) is 6.07 Å². The number of carbonyl (C=O) groups is 2. The molecule has 1 fully saturated rings. The largest absolute Gasteiger partial charge is 0.481 e. The molecule has 3 atom stereocenters. The van der Waals surface area contributed by atoms with E-state index in [0.29, 0.717) is 12.8 Å². The number of carboxylic acids is 1. The van der Waals surface area contributed by atoms with Crippen LogP contribution in [-0.2, 0) is 9.53 Å². The first-order chi connectivity index (χ1) is 10.5. The van der Waals surface area contributed by atoms with Crippen molar-refractivity contribution < 1.29 is 28.9 Å². The Bertz CT molecular complexity index is 550. The van der Waals surface area contributed by atoms with Crippen LogP contribution < -0.4 is 5.32 Å². The predicted molar refractivity (Wildman–Crippen MR) is 74.9 cm³/mol. The summed E-state index contributed by atoms with van der Waals surface area (Å²) in [7, 11) is 0. The standard InChI is InChI=1S/C15H18FNO5/c16-11-4-2-1-3-10(11)15(21)17-12-6-5-9(7-14(19)20)22-13(12)8-18/h1-4,9,12-13,18H,5-8H2,(H,17,21)(H,19,20)/t9-,12-,13+/m0/s1. The van der Waals surface area contributed by atoms with Crippen LogP contribution in [0.5, 0.6) is 0 Å². The number of aliphatic carboxylic acids is 1. The topological polar surface area (TPSA) is 95.9 Å². The molecule has 0 saturated carbocycles. The first-order valence-corrected chi connectivity index (χ1v) is 7.04. The van der Waals surface area contributed by atoms with Crippen molar-refractivity contribution in [3.63, 3.8) is 0 Å². The molecule has 1 aliphatic heterocycles. The van der Waals surface area contributed by atoms with Crippen molar-refractivity contribution in [2.24, 2.45) is 0 Å². The molecule has 1 heterocycles. The lowest BCUT2D eigenvalue weighted by Gasteiger charge is -2.35. The van der Waals surface area contributed by atoms with Gasteiger partial charge in [-0.25, -0.2) is 4.39 Å². The predicted octanol–water partition coefficient (Wildman–Crippen LogP) is 0.939. The molecule has 7 heteroatoms. The number of nitrogens with one attached hydrogen (secondary N) is 1. The molecular weight excluding hydrogens is 293 g/mol. The van der Waals surface area contributed by atoms with Crippen molar-refractivity contribution in [2.75, 3.05) is 6.61 Å². The molecule has 6 nitrogen and oxygen atoms in total. The van der Waals surface area contributed by atoms with Crippen molar-refractivity contribution in [2.45, 2.75) is 37.5 Å². The number of halogens is 1. The second-order valence-electron chi connectivity index (χ2n) is 5.21. The van der Waals surface area contributed by atoms with E-state index in [1.807, 2.05) is 0 Å². The Balaban J connectivity index is 1.99. The number of hydrogen-bond donors (Lipinski definition) is 3. The van der Waals surface area contributed by atoms with Gasteiger partial charge >= 0.3 is 5.97 Å². The van der Waals surface area contributed by atoms with E-state index in [1.165, 1.54) is 18.2 Å². The van der Waals surface area contributed by atoms with E-state index in [0.717, 1.165) is 0 Å². The van der Waals surface area contributed by atoms with Crippen LogP contribution in [0.25, 0.3) is 0 Å². The van der Waals surface area contributed by atoms with E-state index in [9.17, 15) is 19.1 Å². The summed E-state index contributed by atoms with van der Waals surface area (Å²) in [5.41, 5.74) is -0.0770. The summed E-state index contributed by atoms with van der Waals surface area (Å²) in [6.45, 7) is -0.349. The Morgan fingerprint density at radius 2 is 2.05 bits per heavy atom. The van der Waals surface area contributed by atoms with Crippen molar-refractivity contribution in [3.8, 4) is 0 Å². The van der Waals surface area contributed by atoms with Crippen LogP contribution >= 0.6 is 0 Å². The number of carboxylic acid groups (broad SMARTS) is 1. The minimum atomic E-state index is -0.976. The van der Waals surface area contributed by atoms with Gasteiger partial charge in [0, 0.05) is 0 Å². The molecule has 120 valence electrons. The highest BCUT2D eigenvalue weighted by Gasteiger charge is 2.33. The van der Waals surface area contributed by atoms with Crippen molar-refractivity contribution >= 4 is 11.9 Å². The molecular formula is C15H18FNO5. The number of carbonyl (C=O) groups excluding carboxylic acids is 1.